The van der Waals surface area contributed by atoms with Gasteiger partial charge in [-0.2, -0.15) is 0 Å². The molecule has 2 aliphatic rings. The van der Waals surface area contributed by atoms with Gasteiger partial charge in [-0.3, -0.25) is 0 Å². The summed E-state index contributed by atoms with van der Waals surface area (Å²) in [5.74, 6) is 0.227. The van der Waals surface area contributed by atoms with E-state index in [1.165, 1.54) is 10.7 Å². The molecule has 2 heterocycles. The first-order valence-electron chi connectivity index (χ1n) is 12.5. The van der Waals surface area contributed by atoms with Crippen molar-refractivity contribution in [2.75, 3.05) is 17.5 Å². The number of aromatic amines is 1. The molecule has 0 saturated heterocycles. The third-order valence-electron chi connectivity index (χ3n) is 7.34. The fourth-order valence-electron chi connectivity index (χ4n) is 5.65. The summed E-state index contributed by atoms with van der Waals surface area (Å²) in [4.78, 5) is 16.9. The molecule has 2 aromatic carbocycles. The summed E-state index contributed by atoms with van der Waals surface area (Å²) in [5, 5.41) is 0.958. The van der Waals surface area contributed by atoms with Gasteiger partial charge in [-0.25, -0.2) is 17.5 Å². The normalized spacial score (nSPS) is 19.2. The smallest absolute Gasteiger partial charge is 0.334 e. The summed E-state index contributed by atoms with van der Waals surface area (Å²) in [6.07, 6.45) is 7.21. The van der Waals surface area contributed by atoms with Gasteiger partial charge in [0.15, 0.2) is 0 Å². The van der Waals surface area contributed by atoms with Crippen LogP contribution in [0.25, 0.3) is 10.9 Å². The number of aromatic nitrogens is 1. The van der Waals surface area contributed by atoms with E-state index in [4.69, 9.17) is 4.74 Å². The van der Waals surface area contributed by atoms with Gasteiger partial charge >= 0.3 is 5.97 Å². The predicted octanol–water partition coefficient (Wildman–Crippen LogP) is 5.84. The largest absolute Gasteiger partial charge is 0.463 e. The maximum absolute atomic E-state index is 13.9. The van der Waals surface area contributed by atoms with Crippen molar-refractivity contribution in [2.24, 2.45) is 5.92 Å². The molecule has 1 unspecified atom stereocenters. The molecule has 0 bridgehead atoms. The highest BCUT2D eigenvalue weighted by Gasteiger charge is 2.40. The second kappa shape index (κ2) is 9.53. The lowest BCUT2D eigenvalue weighted by molar-refractivity contribution is -0.139. The van der Waals surface area contributed by atoms with Gasteiger partial charge in [-0.1, -0.05) is 61.2 Å². The van der Waals surface area contributed by atoms with Crippen molar-refractivity contribution in [1.29, 1.82) is 0 Å². The van der Waals surface area contributed by atoms with Crippen LogP contribution in [0.4, 0.5) is 5.82 Å². The summed E-state index contributed by atoms with van der Waals surface area (Å²) >= 11 is 0. The van der Waals surface area contributed by atoms with E-state index in [0.717, 1.165) is 47.7 Å². The Balaban J connectivity index is 1.74. The first-order valence-corrected chi connectivity index (χ1v) is 13.9. The van der Waals surface area contributed by atoms with Crippen LogP contribution in [0, 0.1) is 12.8 Å². The number of hydrogen-bond donors (Lipinski definition) is 1. The molecule has 6 nitrogen and oxygen atoms in total. The van der Waals surface area contributed by atoms with Crippen LogP contribution in [0.2, 0.25) is 0 Å². The Bertz CT molecular complexity index is 1370. The Kier molecular flexibility index (Phi) is 6.45. The van der Waals surface area contributed by atoms with Crippen molar-refractivity contribution in [3.8, 4) is 0 Å². The fourth-order valence-corrected chi connectivity index (χ4v) is 7.04. The van der Waals surface area contributed by atoms with E-state index in [2.05, 4.69) is 4.98 Å². The molecule has 3 aromatic rings. The molecule has 1 aliphatic carbocycles. The van der Waals surface area contributed by atoms with E-state index >= 15 is 0 Å². The van der Waals surface area contributed by atoms with E-state index in [-0.39, 0.29) is 35.9 Å². The first kappa shape index (κ1) is 23.7. The standard InChI is InChI=1S/C28H32N2O4S/c1-3-34-28(31)23-17-18-30(35(32,33)21-15-13-19(2)14-16-21)27-26(22-11-7-8-12-24(22)29-27)25(23)20-9-5-4-6-10-20/h7-8,11-17,20,25,29H,3-6,9-10,18H2,1-2H3. The number of nitrogens with zero attached hydrogens (tertiary/aromatic N) is 1. The first-order chi connectivity index (χ1) is 16.9. The summed E-state index contributed by atoms with van der Waals surface area (Å²) in [5.41, 5.74) is 3.33. The van der Waals surface area contributed by atoms with Crippen LogP contribution in [-0.4, -0.2) is 32.5 Å². The highest BCUT2D eigenvalue weighted by molar-refractivity contribution is 7.92. The SMILES string of the molecule is CCOC(=O)C1=CCN(S(=O)(=O)c2ccc(C)cc2)c2[nH]c3ccccc3c2C1C1CCCCC1. The number of carbonyl (C=O) groups is 1. The molecule has 35 heavy (non-hydrogen) atoms. The Labute approximate surface area is 207 Å². The van der Waals surface area contributed by atoms with Gasteiger partial charge in [0.25, 0.3) is 10.0 Å². The minimum absolute atomic E-state index is 0.0629. The number of nitrogens with one attached hydrogen (secondary N) is 1. The lowest BCUT2D eigenvalue weighted by atomic mass is 9.73. The van der Waals surface area contributed by atoms with Crippen molar-refractivity contribution in [3.05, 3.63) is 71.3 Å². The monoisotopic (exact) mass is 492 g/mol. The van der Waals surface area contributed by atoms with E-state index in [0.29, 0.717) is 11.4 Å². The summed E-state index contributed by atoms with van der Waals surface area (Å²) < 4.78 is 34.8. The summed E-state index contributed by atoms with van der Waals surface area (Å²) in [7, 11) is -3.87. The van der Waals surface area contributed by atoms with Crippen molar-refractivity contribution >= 4 is 32.7 Å². The van der Waals surface area contributed by atoms with E-state index in [9.17, 15) is 13.2 Å². The zero-order valence-electron chi connectivity index (χ0n) is 20.3. The van der Waals surface area contributed by atoms with Crippen LogP contribution in [0.15, 0.2) is 65.1 Å². The molecule has 1 fully saturated rings. The number of H-pyrrole nitrogens is 1. The molecule has 0 radical (unpaired) electrons. The maximum Gasteiger partial charge on any atom is 0.334 e. The third kappa shape index (κ3) is 4.27. The van der Waals surface area contributed by atoms with E-state index in [1.807, 2.05) is 43.3 Å². The van der Waals surface area contributed by atoms with Crippen LogP contribution < -0.4 is 4.31 Å². The lowest BCUT2D eigenvalue weighted by Crippen LogP contribution is -2.32. The Morgan fingerprint density at radius 1 is 1.06 bits per heavy atom. The fraction of sp³-hybridized carbons (Fsp3) is 0.393. The second-order valence-electron chi connectivity index (χ2n) is 9.54. The molecular formula is C28H32N2O4S. The zero-order chi connectivity index (χ0) is 24.6. The molecule has 0 amide bonds. The Morgan fingerprint density at radius 2 is 1.77 bits per heavy atom. The molecule has 7 heteroatoms. The number of hydrogen-bond acceptors (Lipinski definition) is 4. The van der Waals surface area contributed by atoms with Gasteiger partial charge in [-0.05, 0) is 50.8 Å². The molecule has 5 rings (SSSR count). The number of aryl methyl sites for hydroxylation is 1. The highest BCUT2D eigenvalue weighted by atomic mass is 32.2. The Hall–Kier alpha value is -3.06. The number of fused-ring (bicyclic) bond motifs is 3. The van der Waals surface area contributed by atoms with Crippen molar-refractivity contribution < 1.29 is 17.9 Å². The van der Waals surface area contributed by atoms with Crippen LogP contribution in [-0.2, 0) is 19.6 Å². The molecule has 1 atom stereocenters. The number of esters is 1. The van der Waals surface area contributed by atoms with Gasteiger partial charge in [0.05, 0.1) is 18.0 Å². The van der Waals surface area contributed by atoms with Gasteiger partial charge in [0, 0.05) is 28.0 Å². The number of carbonyl (C=O) groups excluding carboxylic acids is 1. The highest BCUT2D eigenvalue weighted by Crippen LogP contribution is 2.49. The van der Waals surface area contributed by atoms with Gasteiger partial charge < -0.3 is 9.72 Å². The number of rotatable bonds is 5. The van der Waals surface area contributed by atoms with Crippen LogP contribution in [0.5, 0.6) is 0 Å². The average molecular weight is 493 g/mol. The summed E-state index contributed by atoms with van der Waals surface area (Å²) in [6, 6.07) is 14.8. The minimum atomic E-state index is -3.87. The molecule has 184 valence electrons. The zero-order valence-corrected chi connectivity index (χ0v) is 21.1. The molecular weight excluding hydrogens is 460 g/mol. The maximum atomic E-state index is 13.9. The Morgan fingerprint density at radius 3 is 2.49 bits per heavy atom. The molecule has 1 saturated carbocycles. The molecule has 1 aliphatic heterocycles. The molecule has 1 aromatic heterocycles. The summed E-state index contributed by atoms with van der Waals surface area (Å²) in [6.45, 7) is 4.07. The molecule has 1 N–H and O–H groups in total. The topological polar surface area (TPSA) is 79.5 Å². The van der Waals surface area contributed by atoms with Crippen LogP contribution in [0.1, 0.15) is 56.1 Å². The quantitative estimate of drug-likeness (QED) is 0.454. The average Bonchev–Trinajstić information content (AvgIpc) is 3.13. The van der Waals surface area contributed by atoms with Crippen LogP contribution in [0.3, 0.4) is 0 Å². The van der Waals surface area contributed by atoms with Gasteiger partial charge in [0.1, 0.15) is 5.82 Å². The number of ether oxygens (including phenoxy) is 1. The number of para-hydroxylation sites is 1. The van der Waals surface area contributed by atoms with Gasteiger partial charge in [0.2, 0.25) is 0 Å². The lowest BCUT2D eigenvalue weighted by Gasteiger charge is -2.31. The van der Waals surface area contributed by atoms with E-state index in [1.54, 1.807) is 25.1 Å². The number of benzene rings is 2. The minimum Gasteiger partial charge on any atom is -0.463 e. The van der Waals surface area contributed by atoms with Crippen molar-refractivity contribution in [2.45, 2.75) is 56.8 Å². The van der Waals surface area contributed by atoms with Crippen LogP contribution >= 0.6 is 0 Å². The number of sulfonamides is 1. The predicted molar refractivity (Wildman–Crippen MR) is 138 cm³/mol. The molecule has 0 spiro atoms. The van der Waals surface area contributed by atoms with Gasteiger partial charge in [-0.15, -0.1) is 0 Å². The van der Waals surface area contributed by atoms with Crippen molar-refractivity contribution in [1.82, 2.24) is 4.98 Å². The number of anilines is 1. The van der Waals surface area contributed by atoms with Crippen molar-refractivity contribution in [3.63, 3.8) is 0 Å². The second-order valence-corrected chi connectivity index (χ2v) is 11.4. The van der Waals surface area contributed by atoms with E-state index < -0.39 is 10.0 Å². The third-order valence-corrected chi connectivity index (χ3v) is 9.12.